The highest BCUT2D eigenvalue weighted by molar-refractivity contribution is 7.90. The predicted octanol–water partition coefficient (Wildman–Crippen LogP) is 2.67. The molecule has 19 heavy (non-hydrogen) atoms. The quantitative estimate of drug-likeness (QED) is 0.865. The summed E-state index contributed by atoms with van der Waals surface area (Å²) >= 11 is 0. The minimum Gasteiger partial charge on any atom is -0.212 e. The van der Waals surface area contributed by atoms with Crippen LogP contribution in [0.2, 0.25) is 0 Å². The van der Waals surface area contributed by atoms with E-state index in [1.807, 2.05) is 0 Å². The van der Waals surface area contributed by atoms with Gasteiger partial charge in [-0.3, -0.25) is 0 Å². The Morgan fingerprint density at radius 1 is 0.789 bits per heavy atom. The summed E-state index contributed by atoms with van der Waals surface area (Å²) in [4.78, 5) is 0. The van der Waals surface area contributed by atoms with Gasteiger partial charge in [0.2, 0.25) is 10.0 Å². The summed E-state index contributed by atoms with van der Waals surface area (Å²) in [6, 6.07) is 0.276. The van der Waals surface area contributed by atoms with Crippen LogP contribution in [0.3, 0.4) is 0 Å². The Kier molecular flexibility index (Phi) is 2.96. The molecule has 108 valence electrons. The first kappa shape index (κ1) is 12.6. The van der Waals surface area contributed by atoms with Crippen molar-refractivity contribution in [2.45, 2.75) is 69.1 Å². The average molecular weight is 283 g/mol. The first-order valence-electron chi connectivity index (χ1n) is 8.13. The van der Waals surface area contributed by atoms with Crippen molar-refractivity contribution < 1.29 is 8.42 Å². The Morgan fingerprint density at radius 3 is 1.84 bits per heavy atom. The van der Waals surface area contributed by atoms with Crippen molar-refractivity contribution in [2.75, 3.05) is 0 Å². The lowest BCUT2D eigenvalue weighted by atomic mass is 9.54. The third kappa shape index (κ3) is 2.15. The zero-order valence-electron chi connectivity index (χ0n) is 11.6. The third-order valence-corrected chi connectivity index (χ3v) is 8.22. The minimum absolute atomic E-state index is 0.0929. The Labute approximate surface area is 116 Å². The number of rotatable bonds is 3. The topological polar surface area (TPSA) is 46.2 Å². The molecule has 0 aliphatic heterocycles. The normalized spacial score (nSPS) is 46.0. The maximum atomic E-state index is 12.5. The van der Waals surface area contributed by atoms with Crippen LogP contribution in [-0.2, 0) is 10.0 Å². The first-order chi connectivity index (χ1) is 9.12. The SMILES string of the molecule is O=S(=O)(NC1C2CC3CC(C2)CC1C3)C1CCCC1. The lowest BCUT2D eigenvalue weighted by Crippen LogP contribution is -2.56. The minimum atomic E-state index is -3.05. The van der Waals surface area contributed by atoms with E-state index in [2.05, 4.69) is 4.72 Å². The zero-order chi connectivity index (χ0) is 13.0. The molecule has 0 amide bonds. The lowest BCUT2D eigenvalue weighted by molar-refractivity contribution is -0.00565. The summed E-state index contributed by atoms with van der Waals surface area (Å²) in [5.74, 6) is 3.12. The van der Waals surface area contributed by atoms with E-state index in [1.165, 1.54) is 32.1 Å². The number of nitrogens with one attached hydrogen (secondary N) is 1. The monoisotopic (exact) mass is 283 g/mol. The van der Waals surface area contributed by atoms with Crippen LogP contribution in [0, 0.1) is 23.7 Å². The van der Waals surface area contributed by atoms with Crippen molar-refractivity contribution >= 4 is 10.0 Å². The fourth-order valence-corrected chi connectivity index (χ4v) is 7.51. The standard InChI is InChI=1S/C15H25NO2S/c17-19(18,14-3-1-2-4-14)16-15-12-6-10-5-11(8-12)9-13(15)7-10/h10-16H,1-9H2. The maximum absolute atomic E-state index is 12.5. The molecule has 5 fully saturated rings. The molecule has 1 N–H and O–H groups in total. The van der Waals surface area contributed by atoms with Crippen molar-refractivity contribution in [1.82, 2.24) is 4.72 Å². The molecule has 3 nitrogen and oxygen atoms in total. The van der Waals surface area contributed by atoms with Gasteiger partial charge >= 0.3 is 0 Å². The van der Waals surface area contributed by atoms with E-state index in [0.717, 1.165) is 37.5 Å². The largest absolute Gasteiger partial charge is 0.214 e. The van der Waals surface area contributed by atoms with Gasteiger partial charge in [0, 0.05) is 6.04 Å². The summed E-state index contributed by atoms with van der Waals surface area (Å²) in [6.07, 6.45) is 10.5. The van der Waals surface area contributed by atoms with Crippen molar-refractivity contribution in [3.8, 4) is 0 Å². The maximum Gasteiger partial charge on any atom is 0.214 e. The van der Waals surface area contributed by atoms with E-state index < -0.39 is 10.0 Å². The summed E-state index contributed by atoms with van der Waals surface area (Å²) in [6.45, 7) is 0. The zero-order valence-corrected chi connectivity index (χ0v) is 12.4. The van der Waals surface area contributed by atoms with Crippen LogP contribution >= 0.6 is 0 Å². The molecule has 0 aromatic heterocycles. The van der Waals surface area contributed by atoms with Crippen LogP contribution in [0.5, 0.6) is 0 Å². The molecule has 0 radical (unpaired) electrons. The van der Waals surface area contributed by atoms with Gasteiger partial charge in [0.1, 0.15) is 0 Å². The van der Waals surface area contributed by atoms with Gasteiger partial charge in [-0.1, -0.05) is 12.8 Å². The van der Waals surface area contributed by atoms with Crippen molar-refractivity contribution in [2.24, 2.45) is 23.7 Å². The van der Waals surface area contributed by atoms with Gasteiger partial charge in [-0.05, 0) is 68.6 Å². The number of hydrogen-bond donors (Lipinski definition) is 1. The van der Waals surface area contributed by atoms with Gasteiger partial charge in [-0.25, -0.2) is 13.1 Å². The lowest BCUT2D eigenvalue weighted by Gasteiger charge is -2.54. The molecule has 0 atom stereocenters. The van der Waals surface area contributed by atoms with Crippen LogP contribution in [0.1, 0.15) is 57.8 Å². The van der Waals surface area contributed by atoms with Gasteiger partial charge in [-0.2, -0.15) is 0 Å². The van der Waals surface area contributed by atoms with Crippen LogP contribution in [0.4, 0.5) is 0 Å². The van der Waals surface area contributed by atoms with E-state index in [1.54, 1.807) is 0 Å². The van der Waals surface area contributed by atoms with Crippen LogP contribution in [0.25, 0.3) is 0 Å². The van der Waals surface area contributed by atoms with Crippen LogP contribution in [0.15, 0.2) is 0 Å². The van der Waals surface area contributed by atoms with Gasteiger partial charge in [0.05, 0.1) is 5.25 Å². The smallest absolute Gasteiger partial charge is 0.212 e. The molecular formula is C15H25NO2S. The van der Waals surface area contributed by atoms with E-state index >= 15 is 0 Å². The molecular weight excluding hydrogens is 258 g/mol. The molecule has 5 aliphatic carbocycles. The van der Waals surface area contributed by atoms with E-state index in [-0.39, 0.29) is 11.3 Å². The Morgan fingerprint density at radius 2 is 1.32 bits per heavy atom. The molecule has 5 saturated carbocycles. The van der Waals surface area contributed by atoms with Crippen molar-refractivity contribution in [3.63, 3.8) is 0 Å². The highest BCUT2D eigenvalue weighted by atomic mass is 32.2. The summed E-state index contributed by atoms with van der Waals surface area (Å²) in [5.41, 5.74) is 0. The molecule has 5 rings (SSSR count). The number of sulfonamides is 1. The van der Waals surface area contributed by atoms with Gasteiger partial charge in [-0.15, -0.1) is 0 Å². The van der Waals surface area contributed by atoms with E-state index in [0.29, 0.717) is 11.8 Å². The molecule has 4 bridgehead atoms. The first-order valence-corrected chi connectivity index (χ1v) is 9.67. The summed E-state index contributed by atoms with van der Waals surface area (Å²) in [5, 5.41) is -0.0929. The van der Waals surface area contributed by atoms with Gasteiger partial charge in [0.15, 0.2) is 0 Å². The van der Waals surface area contributed by atoms with Crippen molar-refractivity contribution in [3.05, 3.63) is 0 Å². The van der Waals surface area contributed by atoms with Crippen LogP contribution < -0.4 is 4.72 Å². The second kappa shape index (κ2) is 4.45. The predicted molar refractivity (Wildman–Crippen MR) is 75.1 cm³/mol. The summed E-state index contributed by atoms with van der Waals surface area (Å²) in [7, 11) is -3.05. The molecule has 5 aliphatic rings. The highest BCUT2D eigenvalue weighted by Gasteiger charge is 2.49. The third-order valence-electron chi connectivity index (χ3n) is 6.27. The Balaban J connectivity index is 1.50. The average Bonchev–Trinajstić information content (AvgIpc) is 2.87. The Hall–Kier alpha value is -0.0900. The molecule has 0 saturated heterocycles. The fraction of sp³-hybridized carbons (Fsp3) is 1.00. The molecule has 0 heterocycles. The Bertz CT molecular complexity index is 425. The molecule has 0 aromatic carbocycles. The molecule has 4 heteroatoms. The fourth-order valence-electron chi connectivity index (χ4n) is 5.60. The van der Waals surface area contributed by atoms with Crippen molar-refractivity contribution in [1.29, 1.82) is 0 Å². The second-order valence-electron chi connectivity index (χ2n) is 7.53. The molecule has 0 aromatic rings. The molecule has 0 unspecified atom stereocenters. The highest BCUT2D eigenvalue weighted by Crippen LogP contribution is 2.53. The second-order valence-corrected chi connectivity index (χ2v) is 9.52. The van der Waals surface area contributed by atoms with Gasteiger partial charge < -0.3 is 0 Å². The van der Waals surface area contributed by atoms with Gasteiger partial charge in [0.25, 0.3) is 0 Å². The van der Waals surface area contributed by atoms with Crippen LogP contribution in [-0.4, -0.2) is 19.7 Å². The summed E-state index contributed by atoms with van der Waals surface area (Å²) < 4.78 is 28.2. The van der Waals surface area contributed by atoms with E-state index in [9.17, 15) is 8.42 Å². The number of hydrogen-bond acceptors (Lipinski definition) is 2. The van der Waals surface area contributed by atoms with E-state index in [4.69, 9.17) is 0 Å². The molecule has 0 spiro atoms.